The lowest BCUT2D eigenvalue weighted by molar-refractivity contribution is 0.254. The Morgan fingerprint density at radius 3 is 2.75 bits per heavy atom. The highest BCUT2D eigenvalue weighted by Gasteiger charge is 2.28. The van der Waals surface area contributed by atoms with Gasteiger partial charge in [0.05, 0.1) is 17.6 Å². The van der Waals surface area contributed by atoms with Gasteiger partial charge in [-0.05, 0) is 56.2 Å². The fraction of sp³-hybridized carbons (Fsp3) is 0.250. The smallest absolute Gasteiger partial charge is 0.327 e. The molecule has 5 rings (SSSR count). The number of urea groups is 1. The van der Waals surface area contributed by atoms with E-state index in [4.69, 9.17) is 9.40 Å². The Balaban J connectivity index is 1.50. The van der Waals surface area contributed by atoms with Gasteiger partial charge in [-0.1, -0.05) is 24.3 Å². The molecule has 1 aliphatic heterocycles. The Hall–Kier alpha value is -4.33. The molecule has 2 aromatic heterocycles. The van der Waals surface area contributed by atoms with E-state index in [0.717, 1.165) is 47.6 Å². The molecule has 0 radical (unpaired) electrons. The Morgan fingerprint density at radius 1 is 1.11 bits per heavy atom. The number of hydrogen-bond acceptors (Lipinski definition) is 6. The number of nitrogens with one attached hydrogen (secondary N) is 2. The van der Waals surface area contributed by atoms with Crippen LogP contribution in [0, 0.1) is 0 Å². The van der Waals surface area contributed by atoms with Crippen molar-refractivity contribution < 1.29 is 9.21 Å². The summed E-state index contributed by atoms with van der Waals surface area (Å²) in [6.45, 7) is 2.91. The zero-order valence-corrected chi connectivity index (χ0v) is 20.7. The van der Waals surface area contributed by atoms with Gasteiger partial charge in [0.1, 0.15) is 0 Å². The van der Waals surface area contributed by atoms with Crippen LogP contribution < -0.4 is 20.4 Å². The number of pyridine rings is 1. The average Bonchev–Trinajstić information content (AvgIpc) is 3.42. The number of oxazole rings is 1. The van der Waals surface area contributed by atoms with Crippen LogP contribution in [0.25, 0.3) is 22.6 Å². The van der Waals surface area contributed by atoms with Crippen molar-refractivity contribution in [1.82, 2.24) is 9.97 Å². The van der Waals surface area contributed by atoms with Gasteiger partial charge < -0.3 is 20.0 Å². The molecule has 0 saturated heterocycles. The summed E-state index contributed by atoms with van der Waals surface area (Å²) in [6, 6.07) is 19.5. The topological polar surface area (TPSA) is 86.5 Å². The third kappa shape index (κ3) is 4.88. The number of hydrogen-bond donors (Lipinski definition) is 2. The first kappa shape index (κ1) is 23.4. The van der Waals surface area contributed by atoms with Gasteiger partial charge >= 0.3 is 6.03 Å². The maximum Gasteiger partial charge on any atom is 0.327 e. The maximum absolute atomic E-state index is 13.7. The Bertz CT molecular complexity index is 1350. The van der Waals surface area contributed by atoms with Crippen molar-refractivity contribution in [2.75, 3.05) is 41.1 Å². The lowest BCUT2D eigenvalue weighted by Gasteiger charge is -2.32. The summed E-state index contributed by atoms with van der Waals surface area (Å²) < 4.78 is 5.41. The minimum absolute atomic E-state index is 0.0286. The standard InChI is InChI=1S/C28H30N6O2/c1-19-7-6-14-30-25-13-12-24(20-8-5-11-23(16-20)33(2)3)32-27(25)34(19)28(35)31-22-10-4-9-21(15-22)26-17-29-18-36-26/h4-5,8-13,15-19,30H,6-7,14H2,1-3H3,(H,31,35)/t19-/m0/s1. The molecule has 8 nitrogen and oxygen atoms in total. The number of nitrogens with zero attached hydrogens (tertiary/aromatic N) is 4. The molecule has 2 aromatic carbocycles. The van der Waals surface area contributed by atoms with Crippen LogP contribution >= 0.6 is 0 Å². The van der Waals surface area contributed by atoms with Crippen molar-refractivity contribution in [2.24, 2.45) is 0 Å². The summed E-state index contributed by atoms with van der Waals surface area (Å²) in [5.41, 5.74) is 5.27. The van der Waals surface area contributed by atoms with Crippen LogP contribution in [0.1, 0.15) is 19.8 Å². The zero-order valence-electron chi connectivity index (χ0n) is 20.7. The highest BCUT2D eigenvalue weighted by Crippen LogP contribution is 2.33. The molecular formula is C28H30N6O2. The average molecular weight is 483 g/mol. The van der Waals surface area contributed by atoms with E-state index in [1.54, 1.807) is 11.1 Å². The lowest BCUT2D eigenvalue weighted by atomic mass is 10.1. The van der Waals surface area contributed by atoms with E-state index in [0.29, 0.717) is 17.3 Å². The number of fused-ring (bicyclic) bond motifs is 1. The van der Waals surface area contributed by atoms with Crippen molar-refractivity contribution in [2.45, 2.75) is 25.8 Å². The molecule has 3 heterocycles. The summed E-state index contributed by atoms with van der Waals surface area (Å²) >= 11 is 0. The molecule has 1 aliphatic rings. The first-order chi connectivity index (χ1) is 17.5. The molecule has 36 heavy (non-hydrogen) atoms. The fourth-order valence-electron chi connectivity index (χ4n) is 4.42. The van der Waals surface area contributed by atoms with Gasteiger partial charge in [-0.2, -0.15) is 0 Å². The molecule has 8 heteroatoms. The van der Waals surface area contributed by atoms with Gasteiger partial charge in [0.2, 0.25) is 0 Å². The molecule has 0 bridgehead atoms. The molecule has 0 aliphatic carbocycles. The number of benzene rings is 2. The van der Waals surface area contributed by atoms with Crippen LogP contribution in [-0.4, -0.2) is 42.7 Å². The number of carbonyl (C=O) groups is 1. The van der Waals surface area contributed by atoms with E-state index in [1.807, 2.05) is 62.6 Å². The Labute approximate surface area is 211 Å². The molecule has 2 N–H and O–H groups in total. The predicted octanol–water partition coefficient (Wildman–Crippen LogP) is 6.10. The van der Waals surface area contributed by atoms with Crippen molar-refractivity contribution in [3.05, 3.63) is 73.3 Å². The highest BCUT2D eigenvalue weighted by atomic mass is 16.3. The summed E-state index contributed by atoms with van der Waals surface area (Å²) in [5.74, 6) is 1.27. The van der Waals surface area contributed by atoms with E-state index in [2.05, 4.69) is 39.6 Å². The van der Waals surface area contributed by atoms with Crippen molar-refractivity contribution in [3.8, 4) is 22.6 Å². The molecular weight excluding hydrogens is 452 g/mol. The number of amides is 2. The number of aromatic nitrogens is 2. The Morgan fingerprint density at radius 2 is 1.94 bits per heavy atom. The third-order valence-electron chi connectivity index (χ3n) is 6.37. The Kier molecular flexibility index (Phi) is 6.58. The van der Waals surface area contributed by atoms with Gasteiger partial charge in [-0.3, -0.25) is 4.90 Å². The van der Waals surface area contributed by atoms with Crippen LogP contribution in [0.2, 0.25) is 0 Å². The predicted molar refractivity (Wildman–Crippen MR) is 145 cm³/mol. The normalized spacial score (nSPS) is 15.3. The van der Waals surface area contributed by atoms with Crippen LogP contribution in [0.5, 0.6) is 0 Å². The summed E-state index contributed by atoms with van der Waals surface area (Å²) in [4.78, 5) is 26.5. The SMILES string of the molecule is C[C@H]1CCCNc2ccc(-c3cccc(N(C)C)c3)nc2N1C(=O)Nc1cccc(-c2cnco2)c1. The van der Waals surface area contributed by atoms with Crippen LogP contribution in [0.15, 0.2) is 77.7 Å². The highest BCUT2D eigenvalue weighted by molar-refractivity contribution is 6.04. The molecule has 4 aromatic rings. The minimum atomic E-state index is -0.228. The molecule has 0 fully saturated rings. The number of rotatable bonds is 4. The fourth-order valence-corrected chi connectivity index (χ4v) is 4.42. The van der Waals surface area contributed by atoms with Crippen LogP contribution in [0.3, 0.4) is 0 Å². The van der Waals surface area contributed by atoms with Crippen LogP contribution in [0.4, 0.5) is 27.7 Å². The summed E-state index contributed by atoms with van der Waals surface area (Å²) in [7, 11) is 4.03. The van der Waals surface area contributed by atoms with Crippen LogP contribution in [-0.2, 0) is 0 Å². The largest absolute Gasteiger partial charge is 0.444 e. The lowest BCUT2D eigenvalue weighted by Crippen LogP contribution is -2.43. The van der Waals surface area contributed by atoms with E-state index in [1.165, 1.54) is 6.39 Å². The van der Waals surface area contributed by atoms with E-state index < -0.39 is 0 Å². The summed E-state index contributed by atoms with van der Waals surface area (Å²) in [6.07, 6.45) is 4.86. The number of anilines is 4. The first-order valence-electron chi connectivity index (χ1n) is 12.1. The second-order valence-corrected chi connectivity index (χ2v) is 9.18. The van der Waals surface area contributed by atoms with E-state index in [-0.39, 0.29) is 12.1 Å². The molecule has 0 spiro atoms. The van der Waals surface area contributed by atoms with Crippen molar-refractivity contribution in [1.29, 1.82) is 0 Å². The summed E-state index contributed by atoms with van der Waals surface area (Å²) in [5, 5.41) is 6.53. The first-order valence-corrected chi connectivity index (χ1v) is 12.1. The van der Waals surface area contributed by atoms with Crippen molar-refractivity contribution in [3.63, 3.8) is 0 Å². The second-order valence-electron chi connectivity index (χ2n) is 9.18. The van der Waals surface area contributed by atoms with E-state index >= 15 is 0 Å². The van der Waals surface area contributed by atoms with E-state index in [9.17, 15) is 4.79 Å². The zero-order chi connectivity index (χ0) is 25.1. The van der Waals surface area contributed by atoms with Gasteiger partial charge in [0, 0.05) is 49.2 Å². The minimum Gasteiger partial charge on any atom is -0.444 e. The second kappa shape index (κ2) is 10.1. The monoisotopic (exact) mass is 482 g/mol. The van der Waals surface area contributed by atoms with Gasteiger partial charge in [0.15, 0.2) is 18.0 Å². The molecule has 0 unspecified atom stereocenters. The third-order valence-corrected chi connectivity index (χ3v) is 6.37. The molecule has 0 saturated carbocycles. The van der Waals surface area contributed by atoms with Gasteiger partial charge in [-0.15, -0.1) is 0 Å². The quantitative estimate of drug-likeness (QED) is 0.365. The van der Waals surface area contributed by atoms with Gasteiger partial charge in [-0.25, -0.2) is 14.8 Å². The van der Waals surface area contributed by atoms with Crippen molar-refractivity contribution >= 4 is 28.9 Å². The molecule has 1 atom stereocenters. The number of carbonyl (C=O) groups excluding carboxylic acids is 1. The maximum atomic E-state index is 13.7. The molecule has 184 valence electrons. The molecule has 2 amide bonds. The van der Waals surface area contributed by atoms with Gasteiger partial charge in [0.25, 0.3) is 0 Å².